The highest BCUT2D eigenvalue weighted by atomic mass is 32.2. The van der Waals surface area contributed by atoms with E-state index in [9.17, 15) is 13.2 Å². The number of nitrogens with one attached hydrogen (secondary N) is 1. The summed E-state index contributed by atoms with van der Waals surface area (Å²) in [5.41, 5.74) is 1.26. The Morgan fingerprint density at radius 2 is 1.78 bits per heavy atom. The predicted octanol–water partition coefficient (Wildman–Crippen LogP) is 3.46. The van der Waals surface area contributed by atoms with Crippen LogP contribution in [0.25, 0.3) is 0 Å². The van der Waals surface area contributed by atoms with Crippen molar-refractivity contribution >= 4 is 21.6 Å². The van der Waals surface area contributed by atoms with Gasteiger partial charge in [-0.3, -0.25) is 5.32 Å². The van der Waals surface area contributed by atoms with Crippen LogP contribution in [0, 0.1) is 0 Å². The highest BCUT2D eigenvalue weighted by Crippen LogP contribution is 2.36. The fraction of sp³-hybridized carbons (Fsp3) is 0.235. The molecule has 1 heterocycles. The molecule has 1 aliphatic rings. The van der Waals surface area contributed by atoms with Crippen LogP contribution in [0.2, 0.25) is 0 Å². The summed E-state index contributed by atoms with van der Waals surface area (Å²) in [6.45, 7) is 3.56. The number of benzene rings is 2. The van der Waals surface area contributed by atoms with Crippen molar-refractivity contribution < 1.29 is 17.9 Å². The molecule has 0 saturated carbocycles. The Balaban J connectivity index is 1.96. The fourth-order valence-electron chi connectivity index (χ4n) is 2.64. The van der Waals surface area contributed by atoms with Crippen LogP contribution in [-0.2, 0) is 25.9 Å². The second-order valence-electron chi connectivity index (χ2n) is 5.98. The molecular weight excluding hydrogens is 314 g/mol. The van der Waals surface area contributed by atoms with Gasteiger partial charge >= 0.3 is 6.09 Å². The highest BCUT2D eigenvalue weighted by molar-refractivity contribution is 7.90. The van der Waals surface area contributed by atoms with Gasteiger partial charge in [-0.15, -0.1) is 0 Å². The number of carbonyl (C=O) groups excluding carboxylic acids is 1. The first-order chi connectivity index (χ1) is 10.8. The molecule has 0 bridgehead atoms. The summed E-state index contributed by atoms with van der Waals surface area (Å²) in [5, 5.41) is 2.63. The number of rotatable bonds is 3. The third kappa shape index (κ3) is 3.07. The number of cyclic esters (lactones) is 1. The Morgan fingerprint density at radius 1 is 1.09 bits per heavy atom. The maximum absolute atomic E-state index is 12.5. The molecule has 1 aliphatic heterocycles. The molecule has 2 aromatic rings. The molecule has 0 aromatic heterocycles. The van der Waals surface area contributed by atoms with E-state index < -0.39 is 21.5 Å². The molecule has 0 aliphatic carbocycles. The first-order valence-corrected chi connectivity index (χ1v) is 8.84. The molecule has 0 fully saturated rings. The van der Waals surface area contributed by atoms with Gasteiger partial charge in [-0.2, -0.15) is 0 Å². The summed E-state index contributed by atoms with van der Waals surface area (Å²) < 4.78 is 30.2. The molecule has 3 rings (SSSR count). The van der Waals surface area contributed by atoms with Crippen LogP contribution in [0.3, 0.4) is 0 Å². The second-order valence-corrected chi connectivity index (χ2v) is 7.97. The van der Waals surface area contributed by atoms with Gasteiger partial charge in [0, 0.05) is 5.56 Å². The van der Waals surface area contributed by atoms with Crippen LogP contribution < -0.4 is 5.32 Å². The van der Waals surface area contributed by atoms with Gasteiger partial charge in [0.15, 0.2) is 9.84 Å². The van der Waals surface area contributed by atoms with Gasteiger partial charge in [0.25, 0.3) is 0 Å². The van der Waals surface area contributed by atoms with E-state index in [1.807, 2.05) is 0 Å². The van der Waals surface area contributed by atoms with Crippen LogP contribution in [0.15, 0.2) is 53.4 Å². The number of amides is 1. The van der Waals surface area contributed by atoms with Crippen LogP contribution in [-0.4, -0.2) is 14.5 Å². The van der Waals surface area contributed by atoms with Gasteiger partial charge < -0.3 is 4.74 Å². The normalized spacial score (nSPS) is 16.2. The molecule has 0 atom stereocenters. The molecule has 6 heteroatoms. The zero-order valence-electron chi connectivity index (χ0n) is 12.9. The van der Waals surface area contributed by atoms with Gasteiger partial charge in [-0.05, 0) is 43.7 Å². The number of anilines is 1. The van der Waals surface area contributed by atoms with E-state index in [4.69, 9.17) is 4.74 Å². The zero-order valence-corrected chi connectivity index (χ0v) is 13.7. The van der Waals surface area contributed by atoms with Crippen molar-refractivity contribution in [3.05, 3.63) is 59.7 Å². The molecule has 0 unspecified atom stereocenters. The first-order valence-electron chi connectivity index (χ1n) is 7.19. The SMILES string of the molecule is CC1(C)OC(=O)Nc2ccc(CS(=O)(=O)c3ccccc3)cc21. The Morgan fingerprint density at radius 3 is 2.48 bits per heavy atom. The lowest BCUT2D eigenvalue weighted by Crippen LogP contribution is -2.34. The van der Waals surface area contributed by atoms with Crippen molar-refractivity contribution in [3.8, 4) is 0 Å². The van der Waals surface area contributed by atoms with E-state index in [1.165, 1.54) is 0 Å². The van der Waals surface area contributed by atoms with Crippen molar-refractivity contribution in [1.29, 1.82) is 0 Å². The van der Waals surface area contributed by atoms with Gasteiger partial charge in [0.2, 0.25) is 0 Å². The summed E-state index contributed by atoms with van der Waals surface area (Å²) in [6, 6.07) is 13.5. The number of carbonyl (C=O) groups is 1. The van der Waals surface area contributed by atoms with Crippen molar-refractivity contribution in [1.82, 2.24) is 0 Å². The maximum Gasteiger partial charge on any atom is 0.412 e. The van der Waals surface area contributed by atoms with Crippen molar-refractivity contribution in [2.45, 2.75) is 30.1 Å². The van der Waals surface area contributed by atoms with E-state index in [0.29, 0.717) is 16.1 Å². The predicted molar refractivity (Wildman–Crippen MR) is 86.9 cm³/mol. The molecule has 1 amide bonds. The summed E-state index contributed by atoms with van der Waals surface area (Å²) in [5.74, 6) is -0.103. The van der Waals surface area contributed by atoms with E-state index in [0.717, 1.165) is 5.56 Å². The van der Waals surface area contributed by atoms with E-state index in [1.54, 1.807) is 62.4 Å². The minimum atomic E-state index is -3.42. The third-order valence-electron chi connectivity index (χ3n) is 3.78. The summed E-state index contributed by atoms with van der Waals surface area (Å²) in [4.78, 5) is 11.8. The standard InChI is InChI=1S/C17H17NO4S/c1-17(2)14-10-12(8-9-15(14)18-16(19)22-17)11-23(20,21)13-6-4-3-5-7-13/h3-10H,11H2,1-2H3,(H,18,19). The third-order valence-corrected chi connectivity index (χ3v) is 5.48. The number of ether oxygens (including phenoxy) is 1. The Hall–Kier alpha value is -2.34. The Labute approximate surface area is 135 Å². The highest BCUT2D eigenvalue weighted by Gasteiger charge is 2.33. The van der Waals surface area contributed by atoms with Crippen LogP contribution in [0.4, 0.5) is 10.5 Å². The van der Waals surface area contributed by atoms with E-state index >= 15 is 0 Å². The monoisotopic (exact) mass is 331 g/mol. The number of fused-ring (bicyclic) bond motifs is 1. The first kappa shape index (κ1) is 15.6. The van der Waals surface area contributed by atoms with Gasteiger partial charge in [-0.1, -0.05) is 24.3 Å². The quantitative estimate of drug-likeness (QED) is 0.935. The van der Waals surface area contributed by atoms with Gasteiger partial charge in [0.05, 0.1) is 16.3 Å². The van der Waals surface area contributed by atoms with Crippen molar-refractivity contribution in [3.63, 3.8) is 0 Å². The van der Waals surface area contributed by atoms with E-state index in [2.05, 4.69) is 5.32 Å². The molecule has 0 radical (unpaired) electrons. The molecule has 1 N–H and O–H groups in total. The number of sulfone groups is 1. The van der Waals surface area contributed by atoms with Crippen LogP contribution >= 0.6 is 0 Å². The number of hydrogen-bond donors (Lipinski definition) is 1. The molecule has 0 spiro atoms. The summed E-state index contributed by atoms with van der Waals surface area (Å²) in [6.07, 6.45) is -0.507. The zero-order chi connectivity index (χ0) is 16.7. The second kappa shape index (κ2) is 5.38. The molecular formula is C17H17NO4S. The molecule has 120 valence electrons. The van der Waals surface area contributed by atoms with Gasteiger partial charge in [0.1, 0.15) is 5.60 Å². The molecule has 0 saturated heterocycles. The topological polar surface area (TPSA) is 72.5 Å². The molecule has 2 aromatic carbocycles. The van der Waals surface area contributed by atoms with Crippen molar-refractivity contribution in [2.75, 3.05) is 5.32 Å². The minimum Gasteiger partial charge on any atom is -0.438 e. The molecule has 5 nitrogen and oxygen atoms in total. The average molecular weight is 331 g/mol. The van der Waals surface area contributed by atoms with Crippen molar-refractivity contribution in [2.24, 2.45) is 0 Å². The summed E-state index contributed by atoms with van der Waals surface area (Å²) in [7, 11) is -3.42. The lowest BCUT2D eigenvalue weighted by Gasteiger charge is -2.32. The fourth-order valence-corrected chi connectivity index (χ4v) is 4.00. The van der Waals surface area contributed by atoms with E-state index in [-0.39, 0.29) is 5.75 Å². The molecule has 23 heavy (non-hydrogen) atoms. The van der Waals surface area contributed by atoms with Crippen LogP contribution in [0.5, 0.6) is 0 Å². The minimum absolute atomic E-state index is 0.103. The number of hydrogen-bond acceptors (Lipinski definition) is 4. The maximum atomic E-state index is 12.5. The van der Waals surface area contributed by atoms with Crippen LogP contribution in [0.1, 0.15) is 25.0 Å². The summed E-state index contributed by atoms with van der Waals surface area (Å²) >= 11 is 0. The Bertz CT molecular complexity index is 857. The Kier molecular flexibility index (Phi) is 3.64. The largest absolute Gasteiger partial charge is 0.438 e. The lowest BCUT2D eigenvalue weighted by molar-refractivity contribution is 0.0420. The van der Waals surface area contributed by atoms with Gasteiger partial charge in [-0.25, -0.2) is 13.2 Å². The lowest BCUT2D eigenvalue weighted by atomic mass is 9.93. The smallest absolute Gasteiger partial charge is 0.412 e. The average Bonchev–Trinajstić information content (AvgIpc) is 2.48.